The van der Waals surface area contributed by atoms with Gasteiger partial charge >= 0.3 is 58.4 Å². The number of ether oxygens (including phenoxy) is 1. The molecule has 2 nitrogen and oxygen atoms in total. The van der Waals surface area contributed by atoms with E-state index in [0.29, 0.717) is 0 Å². The predicted octanol–water partition coefficient (Wildman–Crippen LogP) is -0.533. The average molecular weight is 257 g/mol. The zero-order valence-electron chi connectivity index (χ0n) is 8.38. The minimum atomic E-state index is -5.11. The summed E-state index contributed by atoms with van der Waals surface area (Å²) in [6.45, 7) is -6.60. The number of nitrogens with zero attached hydrogens (tertiary/aromatic N) is 1. The van der Waals surface area contributed by atoms with E-state index in [1.54, 1.807) is 0 Å². The Kier molecular flexibility index (Phi) is 6.59. The molecule has 0 N–H and O–H groups in total. The normalized spacial score (nSPS) is 10.2. The molecule has 0 aliphatic heterocycles. The number of hydrogen-bond acceptors (Lipinski definition) is 2. The van der Waals surface area contributed by atoms with E-state index in [1.165, 1.54) is 12.1 Å². The molecule has 1 aromatic rings. The summed E-state index contributed by atoms with van der Waals surface area (Å²) in [5.41, 5.74) is -0.516. The van der Waals surface area contributed by atoms with Crippen LogP contribution in [0.15, 0.2) is 18.2 Å². The van der Waals surface area contributed by atoms with Gasteiger partial charge in [-0.15, -0.1) is 0 Å². The van der Waals surface area contributed by atoms with Crippen molar-refractivity contribution in [2.45, 2.75) is 0 Å². The molecule has 1 rings (SSSR count). The minimum absolute atomic E-state index is 0. The third-order valence-electron chi connectivity index (χ3n) is 1.52. The third kappa shape index (κ3) is 4.84. The smallest absolute Gasteiger partial charge is 0.520 e. The van der Waals surface area contributed by atoms with Crippen LogP contribution in [-0.4, -0.2) is 13.5 Å². The molecule has 0 aromatic heterocycles. The third-order valence-corrected chi connectivity index (χ3v) is 1.52. The zero-order valence-corrected chi connectivity index (χ0v) is 11.5. The molecule has 0 spiro atoms. The van der Waals surface area contributed by atoms with Gasteiger partial charge in [0.05, 0.1) is 6.51 Å². The molecule has 80 valence electrons. The summed E-state index contributed by atoms with van der Waals surface area (Å²) < 4.78 is 52.7. The van der Waals surface area contributed by atoms with Crippen LogP contribution in [0.25, 0.3) is 0 Å². The Morgan fingerprint density at radius 3 is 2.44 bits per heavy atom. The van der Waals surface area contributed by atoms with Crippen LogP contribution in [0.2, 0.25) is 0 Å². The molecule has 0 saturated carbocycles. The van der Waals surface area contributed by atoms with E-state index in [0.717, 1.165) is 12.1 Å². The van der Waals surface area contributed by atoms with Crippen molar-refractivity contribution in [1.82, 2.24) is 0 Å². The fourth-order valence-electron chi connectivity index (χ4n) is 0.917. The monoisotopic (exact) mass is 257 g/mol. The minimum Gasteiger partial charge on any atom is -0.520 e. The van der Waals surface area contributed by atoms with E-state index in [9.17, 15) is 17.3 Å². The van der Waals surface area contributed by atoms with Crippen molar-refractivity contribution in [2.75, 3.05) is 6.51 Å². The number of halogens is 4. The summed E-state index contributed by atoms with van der Waals surface area (Å²) in [7, 11) is 0. The van der Waals surface area contributed by atoms with Gasteiger partial charge in [0.2, 0.25) is 0 Å². The van der Waals surface area contributed by atoms with Gasteiger partial charge in [-0.3, -0.25) is 0 Å². The van der Waals surface area contributed by atoms with Gasteiger partial charge in [0.1, 0.15) is 23.2 Å². The Morgan fingerprint density at radius 2 is 1.94 bits per heavy atom. The summed E-state index contributed by atoms with van der Waals surface area (Å²) in [5.74, 6) is -1.29. The van der Waals surface area contributed by atoms with Crippen molar-refractivity contribution in [3.05, 3.63) is 29.6 Å². The second kappa shape index (κ2) is 6.61. The van der Waals surface area contributed by atoms with E-state index in [1.807, 2.05) is 0 Å². The molecule has 0 aliphatic rings. The standard InChI is InChI=1S/C8H5BF4NO.K/c10-7-2-1-3-8(6(7)4-14)15-5-9(11,12)13;/h1-3H,5H2;/q-1;+1. The molecule has 0 amide bonds. The van der Waals surface area contributed by atoms with Crippen LogP contribution < -0.4 is 56.1 Å². The molecule has 0 radical (unpaired) electrons. The first kappa shape index (κ1) is 15.9. The summed E-state index contributed by atoms with van der Waals surface area (Å²) in [4.78, 5) is 0. The van der Waals surface area contributed by atoms with Gasteiger partial charge < -0.3 is 17.7 Å². The molecule has 0 saturated heterocycles. The molecule has 16 heavy (non-hydrogen) atoms. The predicted molar refractivity (Wildman–Crippen MR) is 45.7 cm³/mol. The van der Waals surface area contributed by atoms with Gasteiger partial charge in [-0.25, -0.2) is 4.39 Å². The van der Waals surface area contributed by atoms with Gasteiger partial charge in [-0.05, 0) is 12.1 Å². The number of rotatable bonds is 3. The second-order valence-electron chi connectivity index (χ2n) is 2.75. The molecule has 0 unspecified atom stereocenters. The van der Waals surface area contributed by atoms with Gasteiger partial charge in [0.15, 0.2) is 0 Å². The van der Waals surface area contributed by atoms with Crippen LogP contribution in [0, 0.1) is 17.1 Å². The fourth-order valence-corrected chi connectivity index (χ4v) is 0.917. The zero-order chi connectivity index (χ0) is 11.5. The first-order valence-corrected chi connectivity index (χ1v) is 3.96. The van der Waals surface area contributed by atoms with Crippen molar-refractivity contribution in [3.63, 3.8) is 0 Å². The Labute approximate surface area is 132 Å². The van der Waals surface area contributed by atoms with Crippen molar-refractivity contribution in [2.24, 2.45) is 0 Å². The molecular formula is C8H5BF4KNO. The number of nitriles is 1. The van der Waals surface area contributed by atoms with Gasteiger partial charge in [-0.1, -0.05) is 6.07 Å². The summed E-state index contributed by atoms with van der Waals surface area (Å²) in [6, 6.07) is 4.71. The Balaban J connectivity index is 0.00000225. The first-order chi connectivity index (χ1) is 6.94. The van der Waals surface area contributed by atoms with E-state index < -0.39 is 30.6 Å². The number of benzene rings is 1. The summed E-state index contributed by atoms with van der Waals surface area (Å²) >= 11 is 0. The fraction of sp³-hybridized carbons (Fsp3) is 0.125. The van der Waals surface area contributed by atoms with E-state index in [-0.39, 0.29) is 51.4 Å². The topological polar surface area (TPSA) is 33.0 Å². The van der Waals surface area contributed by atoms with Crippen LogP contribution in [0.5, 0.6) is 5.75 Å². The largest absolute Gasteiger partial charge is 1.00 e. The van der Waals surface area contributed by atoms with Crippen molar-refractivity contribution >= 4 is 6.98 Å². The summed E-state index contributed by atoms with van der Waals surface area (Å²) in [5, 5.41) is 8.48. The van der Waals surface area contributed by atoms with Crippen LogP contribution in [-0.2, 0) is 0 Å². The van der Waals surface area contributed by atoms with Crippen molar-refractivity contribution in [1.29, 1.82) is 5.26 Å². The molecule has 0 fully saturated rings. The van der Waals surface area contributed by atoms with Gasteiger partial charge in [0, 0.05) is 0 Å². The van der Waals surface area contributed by atoms with Crippen LogP contribution >= 0.6 is 0 Å². The van der Waals surface area contributed by atoms with E-state index in [4.69, 9.17) is 5.26 Å². The van der Waals surface area contributed by atoms with Crippen LogP contribution in [0.4, 0.5) is 17.3 Å². The van der Waals surface area contributed by atoms with Crippen LogP contribution in [0.1, 0.15) is 5.56 Å². The molecule has 1 aromatic carbocycles. The molecule has 0 atom stereocenters. The summed E-state index contributed by atoms with van der Waals surface area (Å²) in [6.07, 6.45) is 0. The van der Waals surface area contributed by atoms with E-state index >= 15 is 0 Å². The van der Waals surface area contributed by atoms with Crippen LogP contribution in [0.3, 0.4) is 0 Å². The maximum Gasteiger partial charge on any atom is 1.00 e. The number of hydrogen-bond donors (Lipinski definition) is 0. The van der Waals surface area contributed by atoms with Gasteiger partial charge in [0.25, 0.3) is 0 Å². The van der Waals surface area contributed by atoms with Crippen molar-refractivity contribution in [3.8, 4) is 11.8 Å². The molecular weight excluding hydrogens is 252 g/mol. The molecule has 0 heterocycles. The second-order valence-corrected chi connectivity index (χ2v) is 2.75. The molecule has 0 aliphatic carbocycles. The van der Waals surface area contributed by atoms with E-state index in [2.05, 4.69) is 4.74 Å². The Bertz CT molecular complexity index is 404. The maximum absolute atomic E-state index is 12.9. The Hall–Kier alpha value is -0.0687. The SMILES string of the molecule is N#Cc1c(F)cccc1OC[B-](F)(F)F.[K+]. The molecule has 8 heteroatoms. The quantitative estimate of drug-likeness (QED) is 0.538. The average Bonchev–Trinajstić information content (AvgIpc) is 2.13. The maximum atomic E-state index is 12.9. The van der Waals surface area contributed by atoms with Crippen molar-refractivity contribution < 1.29 is 73.5 Å². The first-order valence-electron chi connectivity index (χ1n) is 3.96. The molecule has 0 bridgehead atoms. The Morgan fingerprint density at radius 1 is 1.31 bits per heavy atom. The van der Waals surface area contributed by atoms with Gasteiger partial charge in [-0.2, -0.15) is 5.26 Å².